The zero-order valence-electron chi connectivity index (χ0n) is 39.0. The minimum atomic E-state index is -0.0734. The Labute approximate surface area is 406 Å². The van der Waals surface area contributed by atoms with E-state index in [4.69, 9.17) is 4.42 Å². The van der Waals surface area contributed by atoms with Gasteiger partial charge in [-0.3, -0.25) is 0 Å². The summed E-state index contributed by atoms with van der Waals surface area (Å²) in [6.45, 7) is 7.31. The molecule has 15 rings (SSSR count). The van der Waals surface area contributed by atoms with Crippen molar-refractivity contribution in [1.29, 1.82) is 0 Å². The molecule has 4 nitrogen and oxygen atoms in total. The number of fused-ring (bicyclic) bond motifs is 13. The summed E-state index contributed by atoms with van der Waals surface area (Å²) in [5.41, 5.74) is 20.5. The Kier molecular flexibility index (Phi) is 8.15. The number of thiophene rings is 1. The zero-order valence-corrected chi connectivity index (χ0v) is 39.8. The number of hydrogen-bond donors (Lipinski definition) is 0. The van der Waals surface area contributed by atoms with Gasteiger partial charge in [-0.15, -0.1) is 11.3 Å². The lowest BCUT2D eigenvalue weighted by atomic mass is 9.33. The van der Waals surface area contributed by atoms with Gasteiger partial charge in [0.25, 0.3) is 6.71 Å². The standard InChI is InChI=1S/C63H48BN3OS/c1-39-35-55-59-56(36-39)66(53-26-16-22-46-44-20-8-12-28-58(44)69-61(46)53)54-38-42(67-50-24-10-9-23-47(50)62(2)33-13-14-34-63(62,67)3)30-31-48(54)64(59)49-37-41(40-17-5-4-6-18-40)29-32-51(49)65(55)52-25-15-21-45-43-19-7-11-27-57(43)68-60(45)52/h4-12,15-32,35-38H,13-14,33-34H2,1-3H3. The number of benzene rings is 9. The molecule has 69 heavy (non-hydrogen) atoms. The van der Waals surface area contributed by atoms with Crippen molar-refractivity contribution in [3.8, 4) is 11.1 Å². The topological polar surface area (TPSA) is 22.9 Å². The van der Waals surface area contributed by atoms with Crippen LogP contribution in [0.3, 0.4) is 0 Å². The van der Waals surface area contributed by atoms with Crippen LogP contribution in [0, 0.1) is 6.92 Å². The maximum atomic E-state index is 6.90. The van der Waals surface area contributed by atoms with Crippen molar-refractivity contribution in [2.24, 2.45) is 0 Å². The average Bonchev–Trinajstić information content (AvgIpc) is 4.03. The quantitative estimate of drug-likeness (QED) is 0.164. The predicted octanol–water partition coefficient (Wildman–Crippen LogP) is 15.8. The first kappa shape index (κ1) is 39.5. The number of aryl methyl sites for hydroxylation is 1. The largest absolute Gasteiger partial charge is 0.454 e. The summed E-state index contributed by atoms with van der Waals surface area (Å²) < 4.78 is 9.50. The van der Waals surface area contributed by atoms with Crippen molar-refractivity contribution >= 4 is 122 Å². The van der Waals surface area contributed by atoms with E-state index < -0.39 is 0 Å². The third kappa shape index (κ3) is 5.30. The van der Waals surface area contributed by atoms with Gasteiger partial charge in [0.2, 0.25) is 0 Å². The van der Waals surface area contributed by atoms with Gasteiger partial charge in [0.1, 0.15) is 5.58 Å². The van der Waals surface area contributed by atoms with Crippen LogP contribution in [0.4, 0.5) is 45.5 Å². The van der Waals surface area contributed by atoms with E-state index in [0.29, 0.717) is 0 Å². The van der Waals surface area contributed by atoms with Gasteiger partial charge in [-0.05, 0) is 126 Å². The van der Waals surface area contributed by atoms with Crippen LogP contribution in [0.15, 0.2) is 192 Å². The lowest BCUT2D eigenvalue weighted by Gasteiger charge is -2.50. The summed E-state index contributed by atoms with van der Waals surface area (Å²) in [6, 6.07) is 70.7. The molecule has 4 aliphatic rings. The highest BCUT2D eigenvalue weighted by Gasteiger charge is 2.58. The van der Waals surface area contributed by atoms with Crippen molar-refractivity contribution in [2.45, 2.75) is 57.4 Å². The van der Waals surface area contributed by atoms with E-state index in [-0.39, 0.29) is 17.7 Å². The van der Waals surface area contributed by atoms with Gasteiger partial charge < -0.3 is 19.1 Å². The van der Waals surface area contributed by atoms with Gasteiger partial charge in [0, 0.05) is 65.8 Å². The number of para-hydroxylation sites is 3. The van der Waals surface area contributed by atoms with E-state index >= 15 is 0 Å². The highest BCUT2D eigenvalue weighted by Crippen LogP contribution is 2.61. The molecule has 1 aliphatic carbocycles. The van der Waals surface area contributed by atoms with E-state index in [1.54, 1.807) is 0 Å². The summed E-state index contributed by atoms with van der Waals surface area (Å²) >= 11 is 1.91. The van der Waals surface area contributed by atoms with Crippen molar-refractivity contribution in [3.05, 3.63) is 199 Å². The molecule has 0 spiro atoms. The third-order valence-electron chi connectivity index (χ3n) is 16.8. The van der Waals surface area contributed by atoms with E-state index in [2.05, 4.69) is 224 Å². The second-order valence-electron chi connectivity index (χ2n) is 20.4. The molecule has 6 heteroatoms. The normalized spacial score (nSPS) is 19.0. The Balaban J connectivity index is 1.05. The lowest BCUT2D eigenvalue weighted by molar-refractivity contribution is 0.195. The first-order chi connectivity index (χ1) is 33.9. The first-order valence-corrected chi connectivity index (χ1v) is 25.5. The molecule has 3 aliphatic heterocycles. The number of rotatable bonds is 4. The van der Waals surface area contributed by atoms with Crippen LogP contribution in [0.25, 0.3) is 53.2 Å². The summed E-state index contributed by atoms with van der Waals surface area (Å²) in [5.74, 6) is 0. The Hall–Kier alpha value is -7.54. The summed E-state index contributed by atoms with van der Waals surface area (Å²) in [7, 11) is 0. The van der Waals surface area contributed by atoms with E-state index in [1.807, 2.05) is 11.3 Å². The molecular formula is C63H48BN3OS. The molecule has 2 aromatic heterocycles. The van der Waals surface area contributed by atoms with Crippen LogP contribution in [-0.2, 0) is 5.41 Å². The Bertz CT molecular complexity index is 3970. The van der Waals surface area contributed by atoms with Gasteiger partial charge in [0.05, 0.1) is 21.6 Å². The van der Waals surface area contributed by atoms with Gasteiger partial charge in [-0.25, -0.2) is 0 Å². The van der Waals surface area contributed by atoms with Crippen LogP contribution >= 0.6 is 11.3 Å². The molecule has 1 fully saturated rings. The number of anilines is 8. The van der Waals surface area contributed by atoms with Gasteiger partial charge in [0.15, 0.2) is 5.58 Å². The van der Waals surface area contributed by atoms with Crippen LogP contribution < -0.4 is 31.1 Å². The van der Waals surface area contributed by atoms with E-state index in [9.17, 15) is 0 Å². The molecule has 330 valence electrons. The smallest absolute Gasteiger partial charge is 0.252 e. The Morgan fingerprint density at radius 1 is 0.507 bits per heavy atom. The highest BCUT2D eigenvalue weighted by molar-refractivity contribution is 7.26. The maximum Gasteiger partial charge on any atom is 0.252 e. The molecule has 5 heterocycles. The number of hydrogen-bond acceptors (Lipinski definition) is 5. The van der Waals surface area contributed by atoms with Crippen molar-refractivity contribution in [2.75, 3.05) is 14.7 Å². The van der Waals surface area contributed by atoms with Crippen LogP contribution in [0.1, 0.15) is 50.7 Å². The fraction of sp³-hybridized carbons (Fsp3) is 0.143. The molecule has 0 N–H and O–H groups in total. The van der Waals surface area contributed by atoms with Gasteiger partial charge in [-0.1, -0.05) is 147 Å². The molecule has 9 aromatic carbocycles. The Morgan fingerprint density at radius 2 is 1.20 bits per heavy atom. The van der Waals surface area contributed by atoms with Crippen molar-refractivity contribution in [1.82, 2.24) is 0 Å². The molecule has 0 bridgehead atoms. The number of nitrogens with zero attached hydrogens (tertiary/aromatic N) is 3. The second-order valence-corrected chi connectivity index (χ2v) is 21.4. The van der Waals surface area contributed by atoms with E-state index in [0.717, 1.165) is 34.0 Å². The fourth-order valence-electron chi connectivity index (χ4n) is 13.5. The molecule has 0 radical (unpaired) electrons. The van der Waals surface area contributed by atoms with Crippen molar-refractivity contribution in [3.63, 3.8) is 0 Å². The fourth-order valence-corrected chi connectivity index (χ4v) is 14.7. The predicted molar refractivity (Wildman–Crippen MR) is 294 cm³/mol. The molecule has 2 atom stereocenters. The molecule has 0 saturated heterocycles. The van der Waals surface area contributed by atoms with Gasteiger partial charge >= 0.3 is 0 Å². The van der Waals surface area contributed by atoms with Crippen LogP contribution in [0.2, 0.25) is 0 Å². The second kappa shape index (κ2) is 14.3. The molecule has 1 saturated carbocycles. The Morgan fingerprint density at radius 3 is 2.07 bits per heavy atom. The SMILES string of the molecule is Cc1cc2c3c(c1)N(c1cccc4c1sc1ccccc14)c1cc(N4c5ccccc5C5(C)CCCCC45C)ccc1B3c1cc(-c3ccccc3)ccc1N2c1cccc2c1oc1ccccc12. The van der Waals surface area contributed by atoms with Gasteiger partial charge in [-0.2, -0.15) is 0 Å². The monoisotopic (exact) mass is 905 g/mol. The summed E-state index contributed by atoms with van der Waals surface area (Å²) in [5, 5.41) is 4.85. The lowest BCUT2D eigenvalue weighted by Crippen LogP contribution is -2.61. The van der Waals surface area contributed by atoms with Crippen LogP contribution in [0.5, 0.6) is 0 Å². The van der Waals surface area contributed by atoms with E-state index in [1.165, 1.54) is 118 Å². The molecular weight excluding hydrogens is 858 g/mol. The van der Waals surface area contributed by atoms with Crippen LogP contribution in [-0.4, -0.2) is 12.3 Å². The van der Waals surface area contributed by atoms with Crippen molar-refractivity contribution < 1.29 is 4.42 Å². The molecule has 2 unspecified atom stereocenters. The number of furan rings is 1. The highest BCUT2D eigenvalue weighted by atomic mass is 32.1. The third-order valence-corrected chi connectivity index (χ3v) is 18.0. The molecule has 0 amide bonds. The maximum absolute atomic E-state index is 6.90. The summed E-state index contributed by atoms with van der Waals surface area (Å²) in [6.07, 6.45) is 4.84. The first-order valence-electron chi connectivity index (χ1n) is 24.7. The minimum absolute atomic E-state index is 0.0427. The average molecular weight is 906 g/mol. The molecule has 11 aromatic rings. The minimum Gasteiger partial charge on any atom is -0.454 e. The summed E-state index contributed by atoms with van der Waals surface area (Å²) in [4.78, 5) is 7.91. The zero-order chi connectivity index (χ0) is 45.8.